The van der Waals surface area contributed by atoms with Crippen LogP contribution in [-0.4, -0.2) is 30.1 Å². The second kappa shape index (κ2) is 5.46. The largest absolute Gasteiger partial charge is 0.420 e. The highest BCUT2D eigenvalue weighted by atomic mass is 19.4. The topological polar surface area (TPSA) is 34.1 Å². The Hall–Kier alpha value is -1.15. The monoisotopic (exact) mass is 296 g/mol. The third-order valence-electron chi connectivity index (χ3n) is 2.53. The Labute approximate surface area is 104 Å². The molecule has 0 aliphatic carbocycles. The molecule has 0 saturated heterocycles. The van der Waals surface area contributed by atoms with E-state index in [2.05, 4.69) is 0 Å². The number of alkyl halides is 7. The van der Waals surface area contributed by atoms with Crippen LogP contribution in [-0.2, 0) is 9.59 Å². The van der Waals surface area contributed by atoms with Crippen molar-refractivity contribution in [2.24, 2.45) is 5.41 Å². The van der Waals surface area contributed by atoms with Crippen LogP contribution in [0.3, 0.4) is 0 Å². The first-order valence-corrected chi connectivity index (χ1v) is 5.02. The number of ketones is 2. The fourth-order valence-corrected chi connectivity index (χ4v) is 0.946. The molecule has 2 nitrogen and oxygen atoms in total. The van der Waals surface area contributed by atoms with Crippen molar-refractivity contribution in [1.29, 1.82) is 0 Å². The smallest absolute Gasteiger partial charge is 0.299 e. The van der Waals surface area contributed by atoms with Gasteiger partial charge in [-0.1, -0.05) is 0 Å². The summed E-state index contributed by atoms with van der Waals surface area (Å²) in [6.07, 6.45) is -16.8. The van der Waals surface area contributed by atoms with Crippen LogP contribution in [0.5, 0.6) is 0 Å². The summed E-state index contributed by atoms with van der Waals surface area (Å²) in [5, 5.41) is 0. The molecule has 0 aromatic heterocycles. The molecule has 0 heterocycles. The second-order valence-electron chi connectivity index (χ2n) is 4.47. The number of Topliss-reactive ketones (excluding diaryl/α,β-unsaturated/α-hetero) is 2. The first-order chi connectivity index (χ1) is 8.19. The van der Waals surface area contributed by atoms with E-state index in [-0.39, 0.29) is 0 Å². The van der Waals surface area contributed by atoms with Gasteiger partial charge in [-0.25, -0.2) is 4.39 Å². The maximum Gasteiger partial charge on any atom is 0.420 e. The van der Waals surface area contributed by atoms with E-state index in [1.807, 2.05) is 0 Å². The molecule has 0 rings (SSSR count). The minimum Gasteiger partial charge on any atom is -0.299 e. The van der Waals surface area contributed by atoms with Crippen LogP contribution in [0, 0.1) is 5.41 Å². The van der Waals surface area contributed by atoms with E-state index < -0.39 is 48.3 Å². The molecule has 112 valence electrons. The summed E-state index contributed by atoms with van der Waals surface area (Å²) in [5.74, 6) is -3.12. The molecule has 0 N–H and O–H groups in total. The molecule has 9 heteroatoms. The van der Waals surface area contributed by atoms with Gasteiger partial charge in [0.05, 0.1) is 6.42 Å². The number of rotatable bonds is 5. The molecule has 0 aliphatic heterocycles. The second-order valence-corrected chi connectivity index (χ2v) is 4.47. The minimum atomic E-state index is -5.28. The summed E-state index contributed by atoms with van der Waals surface area (Å²) in [6, 6.07) is 0. The van der Waals surface area contributed by atoms with Crippen molar-refractivity contribution < 1.29 is 40.3 Å². The number of hydrogen-bond donors (Lipinski definition) is 0. The predicted octanol–water partition coefficient (Wildman–Crippen LogP) is 3.39. The molecule has 0 aromatic carbocycles. The molecule has 0 spiro atoms. The summed E-state index contributed by atoms with van der Waals surface area (Å²) in [6.45, 7) is 0.999. The van der Waals surface area contributed by atoms with Gasteiger partial charge in [-0.3, -0.25) is 9.59 Å². The molecular weight excluding hydrogens is 285 g/mol. The van der Waals surface area contributed by atoms with Crippen molar-refractivity contribution in [3.05, 3.63) is 0 Å². The number of carbonyl (C=O) groups is 2. The van der Waals surface area contributed by atoms with Crippen LogP contribution < -0.4 is 0 Å². The van der Waals surface area contributed by atoms with Crippen LogP contribution in [0.1, 0.15) is 26.7 Å². The van der Waals surface area contributed by atoms with Gasteiger partial charge in [-0.05, 0) is 13.8 Å². The zero-order chi connectivity index (χ0) is 15.6. The lowest BCUT2D eigenvalue weighted by Crippen LogP contribution is -2.41. The van der Waals surface area contributed by atoms with Gasteiger partial charge in [0.25, 0.3) is 0 Å². The molecule has 0 aliphatic rings. The first-order valence-electron chi connectivity index (χ1n) is 5.02. The molecule has 0 amide bonds. The number of halogens is 7. The Morgan fingerprint density at radius 3 is 1.74 bits per heavy atom. The highest BCUT2D eigenvalue weighted by Crippen LogP contribution is 2.39. The van der Waals surface area contributed by atoms with E-state index >= 15 is 0 Å². The highest BCUT2D eigenvalue weighted by molar-refractivity contribution is 6.01. The summed E-state index contributed by atoms with van der Waals surface area (Å²) >= 11 is 0. The Morgan fingerprint density at radius 2 is 1.42 bits per heavy atom. The SMILES string of the molecule is CC(C)(C(=O)CC(=O)CC(F)C(F)(F)F)C(F)(F)F. The van der Waals surface area contributed by atoms with E-state index in [0.717, 1.165) is 0 Å². The van der Waals surface area contributed by atoms with Crippen LogP contribution in [0.25, 0.3) is 0 Å². The first kappa shape index (κ1) is 17.8. The van der Waals surface area contributed by atoms with E-state index in [9.17, 15) is 40.3 Å². The lowest BCUT2D eigenvalue weighted by molar-refractivity contribution is -0.210. The fourth-order valence-electron chi connectivity index (χ4n) is 0.946. The van der Waals surface area contributed by atoms with Gasteiger partial charge in [0.15, 0.2) is 5.78 Å². The van der Waals surface area contributed by atoms with Gasteiger partial charge in [-0.2, -0.15) is 26.3 Å². The predicted molar refractivity (Wildman–Crippen MR) is 50.0 cm³/mol. The van der Waals surface area contributed by atoms with Crippen molar-refractivity contribution in [3.8, 4) is 0 Å². The van der Waals surface area contributed by atoms with Crippen molar-refractivity contribution >= 4 is 11.6 Å². The van der Waals surface area contributed by atoms with Crippen LogP contribution in [0.15, 0.2) is 0 Å². The maximum absolute atomic E-state index is 12.5. The number of hydrogen-bond acceptors (Lipinski definition) is 2. The van der Waals surface area contributed by atoms with Crippen molar-refractivity contribution in [2.75, 3.05) is 0 Å². The normalized spacial score (nSPS) is 15.2. The van der Waals surface area contributed by atoms with Crippen LogP contribution in [0.2, 0.25) is 0 Å². The number of carbonyl (C=O) groups excluding carboxylic acids is 2. The molecule has 0 radical (unpaired) electrons. The Kier molecular flexibility index (Phi) is 5.13. The van der Waals surface area contributed by atoms with E-state index in [0.29, 0.717) is 13.8 Å². The zero-order valence-electron chi connectivity index (χ0n) is 9.95. The lowest BCUT2D eigenvalue weighted by Gasteiger charge is -2.25. The minimum absolute atomic E-state index is 0.499. The van der Waals surface area contributed by atoms with Crippen molar-refractivity contribution in [2.45, 2.75) is 45.2 Å². The standard InChI is InChI=1S/C10H11F7O2/c1-8(2,10(15,16)17)7(19)4-5(18)3-6(11)9(12,13)14/h6H,3-4H2,1-2H3. The Balaban J connectivity index is 4.64. The Bertz CT molecular complexity index is 354. The third kappa shape index (κ3) is 4.79. The Morgan fingerprint density at radius 1 is 1.00 bits per heavy atom. The molecule has 0 saturated carbocycles. The molecule has 0 fully saturated rings. The highest BCUT2D eigenvalue weighted by Gasteiger charge is 2.52. The molecule has 0 aromatic rings. The van der Waals surface area contributed by atoms with Gasteiger partial charge < -0.3 is 0 Å². The van der Waals surface area contributed by atoms with Gasteiger partial charge in [-0.15, -0.1) is 0 Å². The van der Waals surface area contributed by atoms with Crippen LogP contribution in [0.4, 0.5) is 30.7 Å². The third-order valence-corrected chi connectivity index (χ3v) is 2.53. The zero-order valence-corrected chi connectivity index (χ0v) is 9.95. The van der Waals surface area contributed by atoms with Gasteiger partial charge in [0, 0.05) is 6.42 Å². The average molecular weight is 296 g/mol. The summed E-state index contributed by atoms with van der Waals surface area (Å²) < 4.78 is 85.0. The van der Waals surface area contributed by atoms with E-state index in [4.69, 9.17) is 0 Å². The molecule has 1 atom stereocenters. The van der Waals surface area contributed by atoms with E-state index in [1.165, 1.54) is 0 Å². The van der Waals surface area contributed by atoms with E-state index in [1.54, 1.807) is 0 Å². The van der Waals surface area contributed by atoms with Gasteiger partial charge in [0.2, 0.25) is 6.17 Å². The van der Waals surface area contributed by atoms with Crippen LogP contribution >= 0.6 is 0 Å². The van der Waals surface area contributed by atoms with Crippen molar-refractivity contribution in [1.82, 2.24) is 0 Å². The maximum atomic E-state index is 12.5. The molecule has 0 bridgehead atoms. The molecular formula is C10H11F7O2. The summed E-state index contributed by atoms with van der Waals surface area (Å²) in [4.78, 5) is 22.2. The molecule has 19 heavy (non-hydrogen) atoms. The lowest BCUT2D eigenvalue weighted by atomic mass is 9.84. The van der Waals surface area contributed by atoms with Crippen molar-refractivity contribution in [3.63, 3.8) is 0 Å². The van der Waals surface area contributed by atoms with Gasteiger partial charge in [0.1, 0.15) is 11.2 Å². The quantitative estimate of drug-likeness (QED) is 0.575. The fraction of sp³-hybridized carbons (Fsp3) is 0.800. The summed E-state index contributed by atoms with van der Waals surface area (Å²) in [7, 11) is 0. The average Bonchev–Trinajstić information content (AvgIpc) is 2.13. The van der Waals surface area contributed by atoms with Gasteiger partial charge >= 0.3 is 12.4 Å². The summed E-state index contributed by atoms with van der Waals surface area (Å²) in [5.41, 5.74) is -2.87. The molecule has 1 unspecified atom stereocenters.